The number of urea groups is 1. The van der Waals surface area contributed by atoms with Gasteiger partial charge in [-0.15, -0.1) is 0 Å². The number of carbonyl (C=O) groups excluding carboxylic acids is 4. The van der Waals surface area contributed by atoms with Gasteiger partial charge in [0.1, 0.15) is 11.3 Å². The third-order valence-electron chi connectivity index (χ3n) is 4.51. The highest BCUT2D eigenvalue weighted by Crippen LogP contribution is 2.22. The highest BCUT2D eigenvalue weighted by molar-refractivity contribution is 6.30. The molecule has 0 radical (unpaired) electrons. The van der Waals surface area contributed by atoms with Crippen LogP contribution >= 0.6 is 11.6 Å². The lowest BCUT2D eigenvalue weighted by atomic mass is 10.1. The Morgan fingerprint density at radius 2 is 1.77 bits per heavy atom. The topological polar surface area (TPSA) is 117 Å². The molecule has 2 rings (SSSR count). The number of halogens is 1. The van der Waals surface area contributed by atoms with Crippen molar-refractivity contribution in [1.29, 1.82) is 0 Å². The van der Waals surface area contributed by atoms with Crippen molar-refractivity contribution < 1.29 is 23.9 Å². The smallest absolute Gasteiger partial charge is 0.325 e. The number of benzene rings is 1. The highest BCUT2D eigenvalue weighted by Gasteiger charge is 2.43. The number of hydrogen-bond donors (Lipinski definition) is 3. The summed E-state index contributed by atoms with van der Waals surface area (Å²) >= 11 is 5.89. The van der Waals surface area contributed by atoms with Gasteiger partial charge in [0.25, 0.3) is 5.91 Å². The van der Waals surface area contributed by atoms with E-state index in [1.807, 2.05) is 6.92 Å². The van der Waals surface area contributed by atoms with Crippen molar-refractivity contribution in [3.8, 4) is 5.75 Å². The maximum Gasteiger partial charge on any atom is 0.325 e. The molecule has 0 atom stereocenters. The van der Waals surface area contributed by atoms with E-state index in [0.29, 0.717) is 30.2 Å². The molecule has 1 aliphatic rings. The Kier molecular flexibility index (Phi) is 8.05. The number of carbonyl (C=O) groups is 4. The third-order valence-corrected chi connectivity index (χ3v) is 4.75. The molecule has 30 heavy (non-hydrogen) atoms. The molecule has 0 bridgehead atoms. The minimum atomic E-state index is -0.927. The largest absolute Gasteiger partial charge is 0.493 e. The fraction of sp³-hybridized carbons (Fsp3) is 0.500. The summed E-state index contributed by atoms with van der Waals surface area (Å²) in [6.45, 7) is 5.62. The number of nitrogens with one attached hydrogen (secondary N) is 3. The minimum Gasteiger partial charge on any atom is -0.493 e. The van der Waals surface area contributed by atoms with Gasteiger partial charge in [0, 0.05) is 24.4 Å². The van der Waals surface area contributed by atoms with Crippen molar-refractivity contribution in [2.45, 2.75) is 52.0 Å². The van der Waals surface area contributed by atoms with Gasteiger partial charge in [-0.05, 0) is 57.4 Å². The van der Waals surface area contributed by atoms with Crippen molar-refractivity contribution in [3.63, 3.8) is 0 Å². The first-order valence-corrected chi connectivity index (χ1v) is 10.1. The molecule has 0 aliphatic carbocycles. The fourth-order valence-corrected chi connectivity index (χ4v) is 3.10. The lowest BCUT2D eigenvalue weighted by molar-refractivity contribution is -0.131. The van der Waals surface area contributed by atoms with E-state index >= 15 is 0 Å². The maximum atomic E-state index is 12.0. The molecule has 10 heteroatoms. The zero-order valence-electron chi connectivity index (χ0n) is 17.3. The highest BCUT2D eigenvalue weighted by atomic mass is 35.5. The van der Waals surface area contributed by atoms with Crippen LogP contribution in [0.5, 0.6) is 5.75 Å². The monoisotopic (exact) mass is 438 g/mol. The van der Waals surface area contributed by atoms with Crippen LogP contribution in [0.2, 0.25) is 5.02 Å². The molecule has 0 aromatic heterocycles. The number of rotatable bonds is 9. The normalized spacial score (nSPS) is 15.0. The second-order valence-electron chi connectivity index (χ2n) is 7.57. The molecule has 1 aromatic carbocycles. The number of aryl methyl sites for hydroxylation is 1. The molecule has 1 saturated heterocycles. The molecule has 1 aromatic rings. The van der Waals surface area contributed by atoms with Gasteiger partial charge < -0.3 is 10.1 Å². The molecule has 5 amide bonds. The van der Waals surface area contributed by atoms with E-state index in [2.05, 4.69) is 16.2 Å². The molecular formula is C20H27ClN4O5. The predicted molar refractivity (Wildman–Crippen MR) is 111 cm³/mol. The second-order valence-corrected chi connectivity index (χ2v) is 8.01. The van der Waals surface area contributed by atoms with Crippen molar-refractivity contribution in [2.75, 3.05) is 13.2 Å². The van der Waals surface area contributed by atoms with Crippen molar-refractivity contribution >= 4 is 35.4 Å². The van der Waals surface area contributed by atoms with Crippen LogP contribution in [0.1, 0.15) is 45.1 Å². The van der Waals surface area contributed by atoms with E-state index in [0.717, 1.165) is 10.5 Å². The average molecular weight is 439 g/mol. The van der Waals surface area contributed by atoms with Gasteiger partial charge in [0.2, 0.25) is 11.8 Å². The Morgan fingerprint density at radius 1 is 1.13 bits per heavy atom. The molecule has 3 N–H and O–H groups in total. The maximum absolute atomic E-state index is 12.0. The number of hydrogen-bond acceptors (Lipinski definition) is 5. The van der Waals surface area contributed by atoms with Gasteiger partial charge in [-0.2, -0.15) is 0 Å². The fourth-order valence-electron chi connectivity index (χ4n) is 2.87. The zero-order chi connectivity index (χ0) is 22.3. The van der Waals surface area contributed by atoms with Crippen LogP contribution in [-0.4, -0.2) is 47.3 Å². The molecule has 164 valence electrons. The third kappa shape index (κ3) is 6.62. The van der Waals surface area contributed by atoms with Gasteiger partial charge in [-0.1, -0.05) is 11.6 Å². The molecular weight excluding hydrogens is 412 g/mol. The molecule has 9 nitrogen and oxygen atoms in total. The average Bonchev–Trinajstić information content (AvgIpc) is 2.86. The summed E-state index contributed by atoms with van der Waals surface area (Å²) in [7, 11) is 0. The first kappa shape index (κ1) is 23.5. The number of amides is 5. The molecule has 1 fully saturated rings. The van der Waals surface area contributed by atoms with Crippen molar-refractivity contribution in [3.05, 3.63) is 28.8 Å². The minimum absolute atomic E-state index is 0.0662. The standard InChI is InChI=1S/C20H27ClN4O5/c1-13-12-14(21)8-9-15(13)30-11-5-7-17(27)24-23-16(26)6-4-10-25-18(28)20(2,3)22-19(25)29/h8-9,12H,4-7,10-11H2,1-3H3,(H,22,29)(H,23,26)(H,24,27). The van der Waals surface area contributed by atoms with E-state index in [1.165, 1.54) is 0 Å². The Balaban J connectivity index is 1.58. The van der Waals surface area contributed by atoms with E-state index in [4.69, 9.17) is 16.3 Å². The van der Waals surface area contributed by atoms with Crippen LogP contribution < -0.4 is 20.9 Å². The lowest BCUT2D eigenvalue weighted by Crippen LogP contribution is -2.42. The summed E-state index contributed by atoms with van der Waals surface area (Å²) in [4.78, 5) is 48.5. The zero-order valence-corrected chi connectivity index (χ0v) is 18.1. The summed E-state index contributed by atoms with van der Waals surface area (Å²) in [6, 6.07) is 4.85. The van der Waals surface area contributed by atoms with Gasteiger partial charge in [-0.3, -0.25) is 30.1 Å². The number of hydrazine groups is 1. The van der Waals surface area contributed by atoms with Crippen LogP contribution in [-0.2, 0) is 14.4 Å². The van der Waals surface area contributed by atoms with Gasteiger partial charge in [0.15, 0.2) is 0 Å². The first-order chi connectivity index (χ1) is 14.1. The number of nitrogens with zero attached hydrogens (tertiary/aromatic N) is 1. The van der Waals surface area contributed by atoms with Crippen LogP contribution in [0.3, 0.4) is 0 Å². The molecule has 1 heterocycles. The molecule has 0 unspecified atom stereocenters. The van der Waals surface area contributed by atoms with E-state index in [1.54, 1.807) is 32.0 Å². The van der Waals surface area contributed by atoms with E-state index in [9.17, 15) is 19.2 Å². The molecule has 1 aliphatic heterocycles. The van der Waals surface area contributed by atoms with Gasteiger partial charge >= 0.3 is 6.03 Å². The van der Waals surface area contributed by atoms with Crippen LogP contribution in [0.4, 0.5) is 4.79 Å². The summed E-state index contributed by atoms with van der Waals surface area (Å²) < 4.78 is 5.61. The lowest BCUT2D eigenvalue weighted by Gasteiger charge is -2.15. The first-order valence-electron chi connectivity index (χ1n) is 9.71. The van der Waals surface area contributed by atoms with Gasteiger partial charge in [0.05, 0.1) is 6.61 Å². The summed E-state index contributed by atoms with van der Waals surface area (Å²) in [5.41, 5.74) is 4.65. The second kappa shape index (κ2) is 10.3. The SMILES string of the molecule is Cc1cc(Cl)ccc1OCCCC(=O)NNC(=O)CCCN1C(=O)NC(C)(C)C1=O. The van der Waals surface area contributed by atoms with E-state index < -0.39 is 17.5 Å². The molecule has 0 spiro atoms. The van der Waals surface area contributed by atoms with Gasteiger partial charge in [-0.25, -0.2) is 4.79 Å². The summed E-state index contributed by atoms with van der Waals surface area (Å²) in [5.74, 6) is -0.350. The summed E-state index contributed by atoms with van der Waals surface area (Å²) in [5, 5.41) is 3.21. The Morgan fingerprint density at radius 3 is 2.33 bits per heavy atom. The van der Waals surface area contributed by atoms with E-state index in [-0.39, 0.29) is 31.2 Å². The number of imide groups is 1. The molecule has 0 saturated carbocycles. The summed E-state index contributed by atoms with van der Waals surface area (Å²) in [6.07, 6.45) is 1.03. The van der Waals surface area contributed by atoms with Crippen LogP contribution in [0, 0.1) is 6.92 Å². The Labute approximate surface area is 180 Å². The number of ether oxygens (including phenoxy) is 1. The predicted octanol–water partition coefficient (Wildman–Crippen LogP) is 2.07. The van der Waals surface area contributed by atoms with Crippen LogP contribution in [0.15, 0.2) is 18.2 Å². The quantitative estimate of drug-likeness (QED) is 0.310. The van der Waals surface area contributed by atoms with Crippen LogP contribution in [0.25, 0.3) is 0 Å². The van der Waals surface area contributed by atoms with Crippen molar-refractivity contribution in [2.24, 2.45) is 0 Å². The Bertz CT molecular complexity index is 827. The Hall–Kier alpha value is -2.81. The van der Waals surface area contributed by atoms with Crippen molar-refractivity contribution in [1.82, 2.24) is 21.1 Å².